The van der Waals surface area contributed by atoms with Crippen LogP contribution in [0.15, 0.2) is 77.7 Å². The summed E-state index contributed by atoms with van der Waals surface area (Å²) in [6, 6.07) is 12.7. The zero-order valence-corrected chi connectivity index (χ0v) is 18.2. The topological polar surface area (TPSA) is 110 Å². The number of thiazole rings is 1. The largest absolute Gasteiger partial charge is 0.323 e. The fraction of sp³-hybridized carbons (Fsp3) is 0.0526. The van der Waals surface area contributed by atoms with Gasteiger partial charge in [0.1, 0.15) is 19.2 Å². The van der Waals surface area contributed by atoms with E-state index in [0.29, 0.717) is 16.4 Å². The van der Waals surface area contributed by atoms with Crippen molar-refractivity contribution >= 4 is 49.7 Å². The summed E-state index contributed by atoms with van der Waals surface area (Å²) in [5.74, 6) is -0.571. The van der Waals surface area contributed by atoms with Gasteiger partial charge < -0.3 is 5.32 Å². The predicted molar refractivity (Wildman–Crippen MR) is 118 cm³/mol. The quantitative estimate of drug-likeness (QED) is 0.440. The number of nitrogens with zero attached hydrogens (tertiary/aromatic N) is 5. The van der Waals surface area contributed by atoms with Crippen molar-refractivity contribution < 1.29 is 13.2 Å². The zero-order valence-electron chi connectivity index (χ0n) is 15.8. The number of hydrogen-bond acceptors (Lipinski definition) is 7. The maximum Gasteiger partial charge on any atom is 0.266 e. The lowest BCUT2D eigenvalue weighted by molar-refractivity contribution is -0.114. The van der Waals surface area contributed by atoms with Crippen LogP contribution >= 0.6 is 22.9 Å². The number of carbonyl (C=O) groups excluding carboxylic acids is 1. The summed E-state index contributed by atoms with van der Waals surface area (Å²) in [4.78, 5) is 20.9. The van der Waals surface area contributed by atoms with Crippen LogP contribution in [-0.2, 0) is 14.8 Å². The van der Waals surface area contributed by atoms with Crippen LogP contribution < -0.4 is 9.62 Å². The molecule has 31 heavy (non-hydrogen) atoms. The van der Waals surface area contributed by atoms with Gasteiger partial charge in [-0.05, 0) is 30.3 Å². The van der Waals surface area contributed by atoms with Crippen molar-refractivity contribution in [3.05, 3.63) is 77.8 Å². The molecule has 0 unspecified atom stereocenters. The number of rotatable bonds is 7. The molecule has 0 fully saturated rings. The molecule has 0 atom stereocenters. The minimum Gasteiger partial charge on any atom is -0.323 e. The number of nitrogens with one attached hydrogen (secondary N) is 1. The Balaban J connectivity index is 1.64. The number of amides is 1. The van der Waals surface area contributed by atoms with E-state index in [0.717, 1.165) is 15.6 Å². The number of halogens is 1. The van der Waals surface area contributed by atoms with Gasteiger partial charge in [-0.3, -0.25) is 4.79 Å². The maximum absolute atomic E-state index is 13.2. The molecule has 4 aromatic rings. The monoisotopic (exact) mass is 474 g/mol. The summed E-state index contributed by atoms with van der Waals surface area (Å²) in [5, 5.41) is 8.99. The van der Waals surface area contributed by atoms with Gasteiger partial charge in [-0.25, -0.2) is 27.4 Å². The Hall–Kier alpha value is -3.28. The first kappa shape index (κ1) is 21.0. The summed E-state index contributed by atoms with van der Waals surface area (Å²) >= 11 is 7.21. The molecule has 2 aromatic carbocycles. The van der Waals surface area contributed by atoms with Crippen molar-refractivity contribution in [1.29, 1.82) is 0 Å². The van der Waals surface area contributed by atoms with E-state index in [4.69, 9.17) is 11.6 Å². The van der Waals surface area contributed by atoms with Crippen LogP contribution in [0.25, 0.3) is 5.69 Å². The van der Waals surface area contributed by atoms with Gasteiger partial charge in [0.05, 0.1) is 16.3 Å². The van der Waals surface area contributed by atoms with E-state index < -0.39 is 22.5 Å². The summed E-state index contributed by atoms with van der Waals surface area (Å²) in [7, 11) is -4.01. The van der Waals surface area contributed by atoms with Crippen LogP contribution in [0.5, 0.6) is 0 Å². The number of hydrogen-bond donors (Lipinski definition) is 1. The highest BCUT2D eigenvalue weighted by molar-refractivity contribution is 7.93. The van der Waals surface area contributed by atoms with Crippen molar-refractivity contribution in [3.8, 4) is 5.69 Å². The summed E-state index contributed by atoms with van der Waals surface area (Å²) in [6.45, 7) is -0.478. The lowest BCUT2D eigenvalue weighted by Gasteiger charge is -2.21. The zero-order chi connectivity index (χ0) is 21.8. The molecule has 0 aliphatic heterocycles. The minimum absolute atomic E-state index is 0.0593. The number of sulfonamides is 1. The van der Waals surface area contributed by atoms with Crippen molar-refractivity contribution in [2.45, 2.75) is 4.90 Å². The molecule has 1 amide bonds. The Morgan fingerprint density at radius 1 is 1.19 bits per heavy atom. The van der Waals surface area contributed by atoms with E-state index in [2.05, 4.69) is 20.4 Å². The summed E-state index contributed by atoms with van der Waals surface area (Å²) < 4.78 is 28.8. The molecule has 9 nitrogen and oxygen atoms in total. The molecule has 0 aliphatic rings. The number of benzene rings is 2. The van der Waals surface area contributed by atoms with Crippen LogP contribution in [0.3, 0.4) is 0 Å². The molecule has 1 N–H and O–H groups in total. The fourth-order valence-electron chi connectivity index (χ4n) is 2.78. The average molecular weight is 475 g/mol. The van der Waals surface area contributed by atoms with Gasteiger partial charge in [0, 0.05) is 16.6 Å². The Bertz CT molecular complexity index is 1280. The number of anilines is 2. The van der Waals surface area contributed by atoms with Gasteiger partial charge in [0.25, 0.3) is 10.0 Å². The second-order valence-electron chi connectivity index (χ2n) is 6.19. The molecule has 0 radical (unpaired) electrons. The molecular weight excluding hydrogens is 460 g/mol. The van der Waals surface area contributed by atoms with Crippen LogP contribution in [0.2, 0.25) is 5.02 Å². The Morgan fingerprint density at radius 3 is 2.68 bits per heavy atom. The third-order valence-electron chi connectivity index (χ3n) is 4.15. The molecular formula is C19H15ClN6O3S2. The van der Waals surface area contributed by atoms with Gasteiger partial charge in [0.2, 0.25) is 5.91 Å². The highest BCUT2D eigenvalue weighted by Gasteiger charge is 2.29. The van der Waals surface area contributed by atoms with Crippen LogP contribution in [0.4, 0.5) is 10.8 Å². The van der Waals surface area contributed by atoms with E-state index in [9.17, 15) is 13.2 Å². The first-order chi connectivity index (χ1) is 14.9. The van der Waals surface area contributed by atoms with Gasteiger partial charge in [0.15, 0.2) is 5.13 Å². The predicted octanol–water partition coefficient (Wildman–Crippen LogP) is 3.21. The van der Waals surface area contributed by atoms with E-state index >= 15 is 0 Å². The number of carbonyl (C=O) groups is 1. The molecule has 0 saturated carbocycles. The highest BCUT2D eigenvalue weighted by Crippen LogP contribution is 2.27. The van der Waals surface area contributed by atoms with Crippen LogP contribution in [-0.4, -0.2) is 40.6 Å². The third kappa shape index (κ3) is 4.58. The first-order valence-corrected chi connectivity index (χ1v) is 11.6. The van der Waals surface area contributed by atoms with E-state index in [1.54, 1.807) is 41.8 Å². The van der Waals surface area contributed by atoms with Crippen molar-refractivity contribution in [3.63, 3.8) is 0 Å². The minimum atomic E-state index is -4.01. The molecule has 0 bridgehead atoms. The lowest BCUT2D eigenvalue weighted by atomic mass is 10.2. The summed E-state index contributed by atoms with van der Waals surface area (Å²) in [5.41, 5.74) is 0.890. The standard InChI is InChI=1S/C19H15ClN6O3S2/c20-14-6-7-17(25-13-21-12-23-25)16(10-14)24-18(27)11-26(19-22-8-9-30-19)31(28,29)15-4-2-1-3-5-15/h1-10,12-13H,11H2,(H,24,27). The van der Waals surface area contributed by atoms with Crippen molar-refractivity contribution in [2.75, 3.05) is 16.2 Å². The molecule has 0 spiro atoms. The second kappa shape index (κ2) is 8.84. The first-order valence-electron chi connectivity index (χ1n) is 8.87. The highest BCUT2D eigenvalue weighted by atomic mass is 35.5. The van der Waals surface area contributed by atoms with Crippen molar-refractivity contribution in [2.24, 2.45) is 0 Å². The Labute approximate surface area is 187 Å². The van der Waals surface area contributed by atoms with Gasteiger partial charge in [-0.1, -0.05) is 29.8 Å². The molecule has 0 aliphatic carbocycles. The van der Waals surface area contributed by atoms with Crippen molar-refractivity contribution in [1.82, 2.24) is 19.7 Å². The van der Waals surface area contributed by atoms with Crippen LogP contribution in [0, 0.1) is 0 Å². The average Bonchev–Trinajstić information content (AvgIpc) is 3.47. The van der Waals surface area contributed by atoms with Gasteiger partial charge in [-0.2, -0.15) is 5.10 Å². The SMILES string of the molecule is O=C(CN(c1nccs1)S(=O)(=O)c1ccccc1)Nc1cc(Cl)ccc1-n1cncn1. The third-order valence-corrected chi connectivity index (χ3v) is 7.04. The van der Waals surface area contributed by atoms with Gasteiger partial charge >= 0.3 is 0 Å². The molecule has 2 heterocycles. The fourth-order valence-corrected chi connectivity index (χ4v) is 5.21. The Kier molecular flexibility index (Phi) is 5.98. The van der Waals surface area contributed by atoms with Gasteiger partial charge in [-0.15, -0.1) is 11.3 Å². The van der Waals surface area contributed by atoms with E-state index in [1.165, 1.54) is 35.7 Å². The van der Waals surface area contributed by atoms with Crippen LogP contribution in [0.1, 0.15) is 0 Å². The molecule has 158 valence electrons. The normalized spacial score (nSPS) is 11.3. The van der Waals surface area contributed by atoms with E-state index in [-0.39, 0.29) is 10.0 Å². The lowest BCUT2D eigenvalue weighted by Crippen LogP contribution is -2.38. The smallest absolute Gasteiger partial charge is 0.266 e. The maximum atomic E-state index is 13.2. The molecule has 2 aromatic heterocycles. The molecule has 4 rings (SSSR count). The second-order valence-corrected chi connectivity index (χ2v) is 9.36. The van der Waals surface area contributed by atoms with E-state index in [1.807, 2.05) is 0 Å². The molecule has 12 heteroatoms. The Morgan fingerprint density at radius 2 is 2.00 bits per heavy atom. The molecule has 0 saturated heterocycles. The number of aromatic nitrogens is 4. The summed E-state index contributed by atoms with van der Waals surface area (Å²) in [6.07, 6.45) is 4.31.